The number of benzene rings is 1. The molecular formula is C26H37N5O4. The smallest absolute Gasteiger partial charge is 0.338 e. The molecule has 1 saturated heterocycles. The Morgan fingerprint density at radius 1 is 1.26 bits per heavy atom. The molecule has 1 fully saturated rings. The topological polar surface area (TPSA) is 94.2 Å². The third-order valence-electron chi connectivity index (χ3n) is 6.07. The number of urea groups is 2. The van der Waals surface area contributed by atoms with Crippen molar-refractivity contribution < 1.29 is 19.1 Å². The third kappa shape index (κ3) is 6.42. The summed E-state index contributed by atoms with van der Waals surface area (Å²) in [5, 5.41) is 5.92. The highest BCUT2D eigenvalue weighted by atomic mass is 16.5. The minimum absolute atomic E-state index is 0.0732. The van der Waals surface area contributed by atoms with Gasteiger partial charge in [0, 0.05) is 51.0 Å². The van der Waals surface area contributed by atoms with Gasteiger partial charge in [-0.05, 0) is 33.3 Å². The predicted molar refractivity (Wildman–Crippen MR) is 135 cm³/mol. The van der Waals surface area contributed by atoms with E-state index in [0.717, 1.165) is 11.1 Å². The van der Waals surface area contributed by atoms with E-state index in [4.69, 9.17) is 4.74 Å². The first-order valence-corrected chi connectivity index (χ1v) is 12.2. The summed E-state index contributed by atoms with van der Waals surface area (Å²) in [7, 11) is 0. The Morgan fingerprint density at radius 3 is 2.57 bits per heavy atom. The van der Waals surface area contributed by atoms with Crippen molar-refractivity contribution >= 4 is 18.0 Å². The molecule has 0 aliphatic carbocycles. The molecule has 0 radical (unpaired) electrons. The lowest BCUT2D eigenvalue weighted by Gasteiger charge is -2.40. The van der Waals surface area contributed by atoms with Crippen molar-refractivity contribution in [3.63, 3.8) is 0 Å². The lowest BCUT2D eigenvalue weighted by atomic mass is 9.93. The summed E-state index contributed by atoms with van der Waals surface area (Å²) < 4.78 is 5.45. The number of nitrogens with zero attached hydrogens (tertiary/aromatic N) is 3. The maximum absolute atomic E-state index is 13.3. The molecule has 2 aliphatic heterocycles. The van der Waals surface area contributed by atoms with Crippen LogP contribution in [0.25, 0.3) is 0 Å². The summed E-state index contributed by atoms with van der Waals surface area (Å²) in [5.41, 5.74) is 2.90. The summed E-state index contributed by atoms with van der Waals surface area (Å²) in [5.74, 6) is -0.446. The summed E-state index contributed by atoms with van der Waals surface area (Å²) in [6.07, 6.45) is 1.64. The Bertz CT molecular complexity index is 982. The van der Waals surface area contributed by atoms with Crippen molar-refractivity contribution in [2.24, 2.45) is 0 Å². The van der Waals surface area contributed by atoms with E-state index in [1.165, 1.54) is 0 Å². The van der Waals surface area contributed by atoms with E-state index in [1.54, 1.807) is 22.8 Å². The van der Waals surface area contributed by atoms with Gasteiger partial charge >= 0.3 is 18.0 Å². The molecule has 1 atom stereocenters. The van der Waals surface area contributed by atoms with Gasteiger partial charge in [0.25, 0.3) is 0 Å². The lowest BCUT2D eigenvalue weighted by molar-refractivity contribution is -0.139. The minimum Gasteiger partial charge on any atom is -0.463 e. The molecule has 0 aromatic heterocycles. The van der Waals surface area contributed by atoms with Crippen LogP contribution in [-0.2, 0) is 9.53 Å². The van der Waals surface area contributed by atoms with Gasteiger partial charge in [-0.2, -0.15) is 0 Å². The van der Waals surface area contributed by atoms with Crippen LogP contribution in [0.4, 0.5) is 9.59 Å². The second-order valence-electron chi connectivity index (χ2n) is 9.14. The van der Waals surface area contributed by atoms with Crippen molar-refractivity contribution in [1.29, 1.82) is 0 Å². The summed E-state index contributed by atoms with van der Waals surface area (Å²) >= 11 is 0. The standard InChI is InChI=1S/C26H37N5O4/c1-6-11-31-21(17-29-12-14-30(15-13-29)25(33)27-18(3)4)22(24(32)35-7-2)23(28-26(31)34)20-10-8-9-19(5)16-20/h6,8-10,16,18,23H,1,7,11-15,17H2,2-5H3,(H,27,33)(H,28,34)/t23-/m0/s1. The van der Waals surface area contributed by atoms with Gasteiger partial charge < -0.3 is 20.3 Å². The SMILES string of the molecule is C=CCN1C(=O)N[C@@H](c2cccc(C)c2)C(C(=O)OCC)=C1CN1CCN(C(=O)NC(C)C)CC1. The van der Waals surface area contributed by atoms with Gasteiger partial charge in [-0.3, -0.25) is 9.80 Å². The molecule has 9 nitrogen and oxygen atoms in total. The van der Waals surface area contributed by atoms with Gasteiger partial charge in [0.15, 0.2) is 0 Å². The monoisotopic (exact) mass is 483 g/mol. The zero-order valence-electron chi connectivity index (χ0n) is 21.2. The number of carbonyl (C=O) groups is 3. The number of hydrogen-bond acceptors (Lipinski definition) is 5. The summed E-state index contributed by atoms with van der Waals surface area (Å²) in [4.78, 5) is 44.3. The van der Waals surface area contributed by atoms with Crippen LogP contribution < -0.4 is 10.6 Å². The molecular weight excluding hydrogens is 446 g/mol. The maximum Gasteiger partial charge on any atom is 0.338 e. The summed E-state index contributed by atoms with van der Waals surface area (Å²) in [6, 6.07) is 6.87. The van der Waals surface area contributed by atoms with Crippen LogP contribution >= 0.6 is 0 Å². The Hall–Kier alpha value is -3.33. The van der Waals surface area contributed by atoms with Crippen LogP contribution in [0.15, 0.2) is 48.2 Å². The molecule has 4 amide bonds. The summed E-state index contributed by atoms with van der Waals surface area (Å²) in [6.45, 7) is 14.7. The van der Waals surface area contributed by atoms with Gasteiger partial charge in [0.2, 0.25) is 0 Å². The number of hydrogen-bond donors (Lipinski definition) is 2. The average molecular weight is 484 g/mol. The van der Waals surface area contributed by atoms with Crippen LogP contribution in [0, 0.1) is 6.92 Å². The molecule has 190 valence electrons. The maximum atomic E-state index is 13.3. The fourth-order valence-corrected chi connectivity index (χ4v) is 4.40. The van der Waals surface area contributed by atoms with E-state index in [2.05, 4.69) is 22.1 Å². The Labute approximate surface area is 207 Å². The Morgan fingerprint density at radius 2 is 1.97 bits per heavy atom. The number of rotatable bonds is 8. The fraction of sp³-hybridized carbons (Fsp3) is 0.500. The normalized spacial score (nSPS) is 19.0. The van der Waals surface area contributed by atoms with Crippen LogP contribution in [0.5, 0.6) is 0 Å². The van der Waals surface area contributed by atoms with Gasteiger partial charge in [0.05, 0.1) is 18.2 Å². The van der Waals surface area contributed by atoms with Gasteiger partial charge in [-0.15, -0.1) is 6.58 Å². The van der Waals surface area contributed by atoms with Gasteiger partial charge in [0.1, 0.15) is 0 Å². The van der Waals surface area contributed by atoms with E-state index in [9.17, 15) is 14.4 Å². The van der Waals surface area contributed by atoms with Gasteiger partial charge in [-0.1, -0.05) is 35.9 Å². The predicted octanol–water partition coefficient (Wildman–Crippen LogP) is 2.80. The van der Waals surface area contributed by atoms with Crippen LogP contribution in [0.2, 0.25) is 0 Å². The number of nitrogens with one attached hydrogen (secondary N) is 2. The van der Waals surface area contributed by atoms with Crippen LogP contribution in [-0.4, -0.2) is 84.6 Å². The molecule has 0 spiro atoms. The second kappa shape index (κ2) is 11.9. The average Bonchev–Trinajstić information content (AvgIpc) is 2.81. The van der Waals surface area contributed by atoms with E-state index in [-0.39, 0.29) is 31.3 Å². The number of esters is 1. The molecule has 1 aromatic rings. The number of amides is 4. The Balaban J connectivity index is 1.94. The molecule has 0 saturated carbocycles. The first-order chi connectivity index (χ1) is 16.7. The van der Waals surface area contributed by atoms with E-state index in [0.29, 0.717) is 44.0 Å². The van der Waals surface area contributed by atoms with Crippen molar-refractivity contribution in [3.05, 3.63) is 59.3 Å². The molecule has 2 aliphatic rings. The first-order valence-electron chi connectivity index (χ1n) is 12.2. The van der Waals surface area contributed by atoms with E-state index in [1.807, 2.05) is 45.0 Å². The first kappa shape index (κ1) is 26.3. The van der Waals surface area contributed by atoms with E-state index >= 15 is 0 Å². The molecule has 0 bridgehead atoms. The van der Waals surface area contributed by atoms with Crippen LogP contribution in [0.1, 0.15) is 37.9 Å². The fourth-order valence-electron chi connectivity index (χ4n) is 4.40. The number of aryl methyl sites for hydroxylation is 1. The van der Waals surface area contributed by atoms with E-state index < -0.39 is 12.0 Å². The second-order valence-corrected chi connectivity index (χ2v) is 9.14. The molecule has 35 heavy (non-hydrogen) atoms. The highest BCUT2D eigenvalue weighted by Gasteiger charge is 2.38. The van der Waals surface area contributed by atoms with Crippen LogP contribution in [0.3, 0.4) is 0 Å². The third-order valence-corrected chi connectivity index (χ3v) is 6.07. The molecule has 1 aromatic carbocycles. The lowest BCUT2D eigenvalue weighted by Crippen LogP contribution is -2.55. The largest absolute Gasteiger partial charge is 0.463 e. The molecule has 0 unspecified atom stereocenters. The quantitative estimate of drug-likeness (QED) is 0.438. The molecule has 2 N–H and O–H groups in total. The van der Waals surface area contributed by atoms with Crippen molar-refractivity contribution in [2.75, 3.05) is 45.9 Å². The minimum atomic E-state index is -0.615. The van der Waals surface area contributed by atoms with Gasteiger partial charge in [-0.25, -0.2) is 14.4 Å². The highest BCUT2D eigenvalue weighted by molar-refractivity contribution is 5.95. The molecule has 3 rings (SSSR count). The zero-order chi connectivity index (χ0) is 25.5. The molecule has 2 heterocycles. The molecule has 9 heteroatoms. The van der Waals surface area contributed by atoms with Crippen molar-refractivity contribution in [2.45, 2.75) is 39.8 Å². The highest BCUT2D eigenvalue weighted by Crippen LogP contribution is 2.32. The van der Waals surface area contributed by atoms with Crippen molar-refractivity contribution in [3.8, 4) is 0 Å². The number of piperazine rings is 1. The number of carbonyl (C=O) groups excluding carboxylic acids is 3. The zero-order valence-corrected chi connectivity index (χ0v) is 21.2. The van der Waals surface area contributed by atoms with Crippen molar-refractivity contribution in [1.82, 2.24) is 25.3 Å². The number of ether oxygens (including phenoxy) is 1. The Kier molecular flexibility index (Phi) is 8.92.